The average Bonchev–Trinajstić information content (AvgIpc) is 2.87. The van der Waals surface area contributed by atoms with Crippen LogP contribution in [0, 0.1) is 5.92 Å². The number of carbonyl (C=O) groups is 1. The van der Waals surface area contributed by atoms with E-state index in [9.17, 15) is 4.79 Å². The summed E-state index contributed by atoms with van der Waals surface area (Å²) in [6.07, 6.45) is 0.991. The molecule has 1 aliphatic rings. The molecule has 1 heterocycles. The Morgan fingerprint density at radius 1 is 1.47 bits per heavy atom. The lowest BCUT2D eigenvalue weighted by Gasteiger charge is -2.17. The van der Waals surface area contributed by atoms with Crippen molar-refractivity contribution < 1.29 is 14.3 Å². The molecule has 0 saturated carbocycles. The van der Waals surface area contributed by atoms with Gasteiger partial charge in [0.15, 0.2) is 0 Å². The molecular weight excluding hydrogens is 244 g/mol. The smallest absolute Gasteiger partial charge is 0.253 e. The predicted molar refractivity (Wildman–Crippen MR) is 73.3 cm³/mol. The van der Waals surface area contributed by atoms with E-state index in [-0.39, 0.29) is 5.91 Å². The van der Waals surface area contributed by atoms with E-state index in [2.05, 4.69) is 0 Å². The summed E-state index contributed by atoms with van der Waals surface area (Å²) in [5, 5.41) is 0. The van der Waals surface area contributed by atoms with Gasteiger partial charge in [-0.3, -0.25) is 4.79 Å². The minimum atomic E-state index is 0.0213. The summed E-state index contributed by atoms with van der Waals surface area (Å²) >= 11 is 0. The number of anilines is 1. The van der Waals surface area contributed by atoms with Crippen LogP contribution in [0.1, 0.15) is 16.8 Å². The third-order valence-corrected chi connectivity index (χ3v) is 3.45. The molecule has 1 aromatic carbocycles. The minimum Gasteiger partial charge on any atom is -0.495 e. The number of hydrogen-bond donors (Lipinski definition) is 1. The third-order valence-electron chi connectivity index (χ3n) is 3.45. The largest absolute Gasteiger partial charge is 0.495 e. The Labute approximate surface area is 113 Å². The first kappa shape index (κ1) is 13.7. The molecule has 0 aromatic heterocycles. The standard InChI is InChI=1S/C14H20N2O3/c1-18-9-10-5-6-16(8-10)14(17)11-3-4-13(19-2)12(15)7-11/h3-4,7,10H,5-6,8-9,15H2,1-2H3. The molecule has 1 atom stereocenters. The molecule has 5 nitrogen and oxygen atoms in total. The highest BCUT2D eigenvalue weighted by Gasteiger charge is 2.27. The van der Waals surface area contributed by atoms with E-state index in [1.165, 1.54) is 0 Å². The molecule has 19 heavy (non-hydrogen) atoms. The Kier molecular flexibility index (Phi) is 4.27. The van der Waals surface area contributed by atoms with Gasteiger partial charge in [-0.25, -0.2) is 0 Å². The number of amides is 1. The quantitative estimate of drug-likeness (QED) is 0.835. The van der Waals surface area contributed by atoms with Crippen molar-refractivity contribution >= 4 is 11.6 Å². The van der Waals surface area contributed by atoms with Crippen LogP contribution in [0.15, 0.2) is 18.2 Å². The molecule has 1 aromatic rings. The topological polar surface area (TPSA) is 64.8 Å². The summed E-state index contributed by atoms with van der Waals surface area (Å²) in [6, 6.07) is 5.15. The second-order valence-electron chi connectivity index (χ2n) is 4.82. The second-order valence-corrected chi connectivity index (χ2v) is 4.82. The normalized spacial score (nSPS) is 18.6. The van der Waals surface area contributed by atoms with Crippen LogP contribution in [0.3, 0.4) is 0 Å². The molecule has 0 spiro atoms. The van der Waals surface area contributed by atoms with E-state index in [1.54, 1.807) is 32.4 Å². The van der Waals surface area contributed by atoms with Crippen molar-refractivity contribution in [3.63, 3.8) is 0 Å². The van der Waals surface area contributed by atoms with Crippen LogP contribution in [0.5, 0.6) is 5.75 Å². The molecule has 1 aliphatic heterocycles. The van der Waals surface area contributed by atoms with Crippen molar-refractivity contribution in [3.8, 4) is 5.75 Å². The molecule has 1 unspecified atom stereocenters. The molecule has 1 saturated heterocycles. The number of carbonyl (C=O) groups excluding carboxylic acids is 1. The maximum atomic E-state index is 12.3. The second kappa shape index (κ2) is 5.93. The molecule has 0 aliphatic carbocycles. The summed E-state index contributed by atoms with van der Waals surface area (Å²) in [7, 11) is 3.25. The lowest BCUT2D eigenvalue weighted by Crippen LogP contribution is -2.29. The minimum absolute atomic E-state index is 0.0213. The molecule has 5 heteroatoms. The molecule has 1 fully saturated rings. The summed E-state index contributed by atoms with van der Waals surface area (Å²) in [5.41, 5.74) is 6.92. The van der Waals surface area contributed by atoms with Crippen molar-refractivity contribution in [3.05, 3.63) is 23.8 Å². The van der Waals surface area contributed by atoms with E-state index >= 15 is 0 Å². The molecule has 104 valence electrons. The first-order chi connectivity index (χ1) is 9.15. The highest BCUT2D eigenvalue weighted by molar-refractivity contribution is 5.95. The van der Waals surface area contributed by atoms with Gasteiger partial charge in [-0.2, -0.15) is 0 Å². The number of likely N-dealkylation sites (tertiary alicyclic amines) is 1. The number of nitrogen functional groups attached to an aromatic ring is 1. The molecule has 2 N–H and O–H groups in total. The molecule has 1 amide bonds. The molecule has 2 rings (SSSR count). The highest BCUT2D eigenvalue weighted by Crippen LogP contribution is 2.24. The van der Waals surface area contributed by atoms with Gasteiger partial charge < -0.3 is 20.1 Å². The molecular formula is C14H20N2O3. The zero-order valence-corrected chi connectivity index (χ0v) is 11.4. The first-order valence-corrected chi connectivity index (χ1v) is 6.37. The van der Waals surface area contributed by atoms with Gasteiger partial charge in [0.2, 0.25) is 0 Å². The van der Waals surface area contributed by atoms with Gasteiger partial charge in [-0.15, -0.1) is 0 Å². The van der Waals surface area contributed by atoms with E-state index in [1.807, 2.05) is 4.90 Å². The van der Waals surface area contributed by atoms with Crippen molar-refractivity contribution in [2.45, 2.75) is 6.42 Å². The number of benzene rings is 1. The molecule has 0 bridgehead atoms. The van der Waals surface area contributed by atoms with Gasteiger partial charge in [-0.05, 0) is 24.6 Å². The van der Waals surface area contributed by atoms with Crippen molar-refractivity contribution in [1.82, 2.24) is 4.90 Å². The number of nitrogens with zero attached hydrogens (tertiary/aromatic N) is 1. The van der Waals surface area contributed by atoms with E-state index in [4.69, 9.17) is 15.2 Å². The third kappa shape index (κ3) is 2.98. The summed E-state index contributed by atoms with van der Waals surface area (Å²) < 4.78 is 10.2. The van der Waals surface area contributed by atoms with E-state index < -0.39 is 0 Å². The van der Waals surface area contributed by atoms with Gasteiger partial charge in [0.25, 0.3) is 5.91 Å². The summed E-state index contributed by atoms with van der Waals surface area (Å²) in [6.45, 7) is 2.23. The zero-order valence-electron chi connectivity index (χ0n) is 11.4. The number of nitrogens with two attached hydrogens (primary N) is 1. The van der Waals surface area contributed by atoms with Gasteiger partial charge in [0, 0.05) is 31.7 Å². The van der Waals surface area contributed by atoms with Crippen LogP contribution in [-0.4, -0.2) is 44.7 Å². The van der Waals surface area contributed by atoms with Crippen molar-refractivity contribution in [2.24, 2.45) is 5.92 Å². The summed E-state index contributed by atoms with van der Waals surface area (Å²) in [5.74, 6) is 1.05. The highest BCUT2D eigenvalue weighted by atomic mass is 16.5. The number of ether oxygens (including phenoxy) is 2. The Balaban J connectivity index is 2.06. The Morgan fingerprint density at radius 2 is 2.26 bits per heavy atom. The van der Waals surface area contributed by atoms with Crippen LogP contribution in [0.2, 0.25) is 0 Å². The van der Waals surface area contributed by atoms with Crippen LogP contribution < -0.4 is 10.5 Å². The average molecular weight is 264 g/mol. The number of methoxy groups -OCH3 is 2. The zero-order chi connectivity index (χ0) is 13.8. The Bertz CT molecular complexity index is 462. The van der Waals surface area contributed by atoms with E-state index in [0.717, 1.165) is 19.5 Å². The number of rotatable bonds is 4. The Morgan fingerprint density at radius 3 is 2.89 bits per heavy atom. The lowest BCUT2D eigenvalue weighted by atomic mass is 10.1. The van der Waals surface area contributed by atoms with Gasteiger partial charge in [0.05, 0.1) is 19.4 Å². The Hall–Kier alpha value is -1.75. The summed E-state index contributed by atoms with van der Waals surface area (Å²) in [4.78, 5) is 14.2. The fourth-order valence-electron chi connectivity index (χ4n) is 2.44. The predicted octanol–water partition coefficient (Wildman–Crippen LogP) is 1.39. The van der Waals surface area contributed by atoms with Crippen LogP contribution in [-0.2, 0) is 4.74 Å². The lowest BCUT2D eigenvalue weighted by molar-refractivity contribution is 0.0775. The van der Waals surface area contributed by atoms with Crippen LogP contribution in [0.25, 0.3) is 0 Å². The monoisotopic (exact) mass is 264 g/mol. The van der Waals surface area contributed by atoms with Crippen LogP contribution >= 0.6 is 0 Å². The maximum Gasteiger partial charge on any atom is 0.253 e. The van der Waals surface area contributed by atoms with E-state index in [0.29, 0.717) is 29.5 Å². The first-order valence-electron chi connectivity index (χ1n) is 6.37. The van der Waals surface area contributed by atoms with Crippen LogP contribution in [0.4, 0.5) is 5.69 Å². The fourth-order valence-corrected chi connectivity index (χ4v) is 2.44. The maximum absolute atomic E-state index is 12.3. The van der Waals surface area contributed by atoms with Crippen molar-refractivity contribution in [1.29, 1.82) is 0 Å². The SMILES string of the molecule is COCC1CCN(C(=O)c2ccc(OC)c(N)c2)C1. The van der Waals surface area contributed by atoms with Gasteiger partial charge >= 0.3 is 0 Å². The van der Waals surface area contributed by atoms with Crippen molar-refractivity contribution in [2.75, 3.05) is 39.6 Å². The number of hydrogen-bond acceptors (Lipinski definition) is 4. The molecule has 0 radical (unpaired) electrons. The fraction of sp³-hybridized carbons (Fsp3) is 0.500. The van der Waals surface area contributed by atoms with Gasteiger partial charge in [-0.1, -0.05) is 0 Å². The van der Waals surface area contributed by atoms with Gasteiger partial charge in [0.1, 0.15) is 5.75 Å².